The van der Waals surface area contributed by atoms with Gasteiger partial charge in [0.15, 0.2) is 0 Å². The van der Waals surface area contributed by atoms with Crippen molar-refractivity contribution in [3.63, 3.8) is 0 Å². The summed E-state index contributed by atoms with van der Waals surface area (Å²) < 4.78 is 27.4. The third kappa shape index (κ3) is 4.45. The second-order valence-electron chi connectivity index (χ2n) is 5.44. The van der Waals surface area contributed by atoms with E-state index in [-0.39, 0.29) is 12.5 Å². The molecule has 1 aromatic rings. The lowest BCUT2D eigenvalue weighted by atomic mass is 10.1. The second-order valence-corrected chi connectivity index (χ2v) is 7.50. The molecule has 0 atom stereocenters. The smallest absolute Gasteiger partial charge is 0.304 e. The van der Waals surface area contributed by atoms with Gasteiger partial charge in [-0.05, 0) is 37.5 Å². The van der Waals surface area contributed by atoms with E-state index in [4.69, 9.17) is 0 Å². The first-order chi connectivity index (χ1) is 10.2. The van der Waals surface area contributed by atoms with Crippen LogP contribution in [0.3, 0.4) is 0 Å². The molecule has 0 aliphatic rings. The fraction of sp³-hybridized carbons (Fsp3) is 0.533. The maximum absolute atomic E-state index is 12.6. The Morgan fingerprint density at radius 2 is 1.86 bits per heavy atom. The summed E-state index contributed by atoms with van der Waals surface area (Å²) in [5.41, 5.74) is 2.27. The molecule has 6 nitrogen and oxygen atoms in total. The number of carbonyl (C=O) groups is 1. The Morgan fingerprint density at radius 3 is 2.41 bits per heavy atom. The van der Waals surface area contributed by atoms with Crippen molar-refractivity contribution in [1.29, 1.82) is 0 Å². The molecule has 1 amide bonds. The van der Waals surface area contributed by atoms with Crippen molar-refractivity contribution in [2.75, 3.05) is 31.5 Å². The van der Waals surface area contributed by atoms with Crippen LogP contribution in [0.15, 0.2) is 18.2 Å². The Kier molecular flexibility index (Phi) is 6.37. The number of anilines is 1. The van der Waals surface area contributed by atoms with Gasteiger partial charge in [0.2, 0.25) is 5.91 Å². The van der Waals surface area contributed by atoms with Crippen LogP contribution in [0.5, 0.6) is 0 Å². The van der Waals surface area contributed by atoms with Crippen LogP contribution in [-0.4, -0.2) is 45.8 Å². The third-order valence-corrected chi connectivity index (χ3v) is 5.04. The molecule has 22 heavy (non-hydrogen) atoms. The lowest BCUT2D eigenvalue weighted by Crippen LogP contribution is -2.46. The van der Waals surface area contributed by atoms with Crippen LogP contribution < -0.4 is 9.62 Å². The number of benzene rings is 1. The average Bonchev–Trinajstić information content (AvgIpc) is 2.45. The molecule has 0 bridgehead atoms. The number of amides is 1. The fourth-order valence-electron chi connectivity index (χ4n) is 1.93. The zero-order valence-electron chi connectivity index (χ0n) is 13.9. The van der Waals surface area contributed by atoms with Crippen molar-refractivity contribution >= 4 is 21.8 Å². The normalized spacial score (nSPS) is 11.5. The molecule has 0 fully saturated rings. The van der Waals surface area contributed by atoms with Gasteiger partial charge in [0.1, 0.15) is 6.54 Å². The predicted octanol–water partition coefficient (Wildman–Crippen LogP) is 1.44. The molecule has 1 N–H and O–H groups in total. The third-order valence-electron chi connectivity index (χ3n) is 3.23. The molecule has 124 valence electrons. The second kappa shape index (κ2) is 7.60. The summed E-state index contributed by atoms with van der Waals surface area (Å²) in [7, 11) is -0.834. The molecule has 1 rings (SSSR count). The van der Waals surface area contributed by atoms with Crippen LogP contribution in [0.4, 0.5) is 5.69 Å². The molecule has 0 radical (unpaired) electrons. The summed E-state index contributed by atoms with van der Waals surface area (Å²) in [6, 6.07) is 5.55. The molecule has 0 aliphatic heterocycles. The van der Waals surface area contributed by atoms with Gasteiger partial charge in [-0.3, -0.25) is 4.79 Å². The van der Waals surface area contributed by atoms with Crippen molar-refractivity contribution in [1.82, 2.24) is 9.62 Å². The van der Waals surface area contributed by atoms with Crippen molar-refractivity contribution in [2.45, 2.75) is 27.2 Å². The first-order valence-electron chi connectivity index (χ1n) is 7.24. The van der Waals surface area contributed by atoms with Crippen molar-refractivity contribution < 1.29 is 13.2 Å². The van der Waals surface area contributed by atoms with Gasteiger partial charge in [-0.25, -0.2) is 4.31 Å². The summed E-state index contributed by atoms with van der Waals surface area (Å²) in [4.78, 5) is 12.0. The maximum Gasteiger partial charge on any atom is 0.304 e. The molecule has 0 saturated carbocycles. The van der Waals surface area contributed by atoms with Gasteiger partial charge in [0.05, 0.1) is 5.69 Å². The zero-order chi connectivity index (χ0) is 16.9. The van der Waals surface area contributed by atoms with E-state index < -0.39 is 10.2 Å². The van der Waals surface area contributed by atoms with Crippen LogP contribution in [0.25, 0.3) is 0 Å². The minimum absolute atomic E-state index is 0.231. The number of nitrogens with one attached hydrogen (secondary N) is 1. The number of carbonyl (C=O) groups excluding carboxylic acids is 1. The summed E-state index contributed by atoms with van der Waals surface area (Å²) >= 11 is 0. The number of aryl methyl sites for hydroxylation is 2. The topological polar surface area (TPSA) is 69.7 Å². The Balaban J connectivity index is 3.23. The molecular weight excluding hydrogens is 302 g/mol. The standard InChI is InChI=1S/C15H25N3O3S/c1-6-9-16-15(19)11-18(22(20,21)17(4)5)14-10-12(2)7-8-13(14)3/h7-8,10H,6,9,11H2,1-5H3,(H,16,19). The minimum atomic E-state index is -3.75. The fourth-order valence-corrected chi connectivity index (χ4v) is 3.05. The van der Waals surface area contributed by atoms with E-state index in [1.807, 2.05) is 32.9 Å². The van der Waals surface area contributed by atoms with Crippen LogP contribution in [0, 0.1) is 13.8 Å². The van der Waals surface area contributed by atoms with Crippen LogP contribution in [0.1, 0.15) is 24.5 Å². The van der Waals surface area contributed by atoms with E-state index in [9.17, 15) is 13.2 Å². The lowest BCUT2D eigenvalue weighted by molar-refractivity contribution is -0.119. The Morgan fingerprint density at radius 1 is 1.23 bits per heavy atom. The van der Waals surface area contributed by atoms with E-state index >= 15 is 0 Å². The van der Waals surface area contributed by atoms with Crippen molar-refractivity contribution in [3.8, 4) is 0 Å². The zero-order valence-corrected chi connectivity index (χ0v) is 14.7. The molecule has 1 aromatic carbocycles. The van der Waals surface area contributed by atoms with E-state index in [1.165, 1.54) is 14.1 Å². The molecule has 0 aromatic heterocycles. The molecule has 7 heteroatoms. The summed E-state index contributed by atoms with van der Waals surface area (Å²) in [6.45, 7) is 5.96. The average molecular weight is 327 g/mol. The van der Waals surface area contributed by atoms with Gasteiger partial charge in [-0.2, -0.15) is 12.7 Å². The molecule has 0 aliphatic carbocycles. The molecule has 0 spiro atoms. The minimum Gasteiger partial charge on any atom is -0.355 e. The monoisotopic (exact) mass is 327 g/mol. The first-order valence-corrected chi connectivity index (χ1v) is 8.64. The number of hydrogen-bond donors (Lipinski definition) is 1. The van der Waals surface area contributed by atoms with E-state index in [2.05, 4.69) is 5.32 Å². The highest BCUT2D eigenvalue weighted by atomic mass is 32.2. The Bertz CT molecular complexity index is 627. The summed E-state index contributed by atoms with van der Waals surface area (Å²) in [6.07, 6.45) is 0.801. The highest BCUT2D eigenvalue weighted by Gasteiger charge is 2.28. The molecule has 0 heterocycles. The first kappa shape index (κ1) is 18.4. The molecular formula is C15H25N3O3S. The maximum atomic E-state index is 12.6. The lowest BCUT2D eigenvalue weighted by Gasteiger charge is -2.28. The van der Waals surface area contributed by atoms with Gasteiger partial charge in [0, 0.05) is 20.6 Å². The van der Waals surface area contributed by atoms with Gasteiger partial charge < -0.3 is 5.32 Å². The SMILES string of the molecule is CCCNC(=O)CN(c1cc(C)ccc1C)S(=O)(=O)N(C)C. The number of rotatable bonds is 7. The highest BCUT2D eigenvalue weighted by Crippen LogP contribution is 2.25. The highest BCUT2D eigenvalue weighted by molar-refractivity contribution is 7.90. The predicted molar refractivity (Wildman–Crippen MR) is 89.2 cm³/mol. The Hall–Kier alpha value is -1.60. The van der Waals surface area contributed by atoms with E-state index in [0.717, 1.165) is 26.2 Å². The van der Waals surface area contributed by atoms with Crippen molar-refractivity contribution in [2.24, 2.45) is 0 Å². The van der Waals surface area contributed by atoms with Gasteiger partial charge in [-0.1, -0.05) is 19.1 Å². The van der Waals surface area contributed by atoms with E-state index in [0.29, 0.717) is 12.2 Å². The molecule has 0 saturated heterocycles. The van der Waals surface area contributed by atoms with E-state index in [1.54, 1.807) is 6.07 Å². The Labute approximate surface area is 133 Å². The van der Waals surface area contributed by atoms with Crippen LogP contribution in [-0.2, 0) is 15.0 Å². The largest absolute Gasteiger partial charge is 0.355 e. The quantitative estimate of drug-likeness (QED) is 0.824. The van der Waals surface area contributed by atoms with Gasteiger partial charge in [-0.15, -0.1) is 0 Å². The van der Waals surface area contributed by atoms with Crippen LogP contribution in [0.2, 0.25) is 0 Å². The van der Waals surface area contributed by atoms with Crippen molar-refractivity contribution in [3.05, 3.63) is 29.3 Å². The van der Waals surface area contributed by atoms with Gasteiger partial charge >= 0.3 is 10.2 Å². The number of nitrogens with zero attached hydrogens (tertiary/aromatic N) is 2. The summed E-state index contributed by atoms with van der Waals surface area (Å²) in [5.74, 6) is -0.312. The summed E-state index contributed by atoms with van der Waals surface area (Å²) in [5, 5.41) is 2.71. The van der Waals surface area contributed by atoms with Crippen LogP contribution >= 0.6 is 0 Å². The number of hydrogen-bond acceptors (Lipinski definition) is 3. The van der Waals surface area contributed by atoms with Gasteiger partial charge in [0.25, 0.3) is 0 Å². The molecule has 0 unspecified atom stereocenters.